The molecular weight excluding hydrogens is 238 g/mol. The number of rotatable bonds is 5. The van der Waals surface area contributed by atoms with Crippen molar-refractivity contribution in [2.75, 3.05) is 31.1 Å². The van der Waals surface area contributed by atoms with Crippen LogP contribution >= 0.6 is 0 Å². The van der Waals surface area contributed by atoms with Crippen molar-refractivity contribution < 1.29 is 4.79 Å². The molecule has 1 heterocycles. The molecule has 0 bridgehead atoms. The molecular formula is C15H19N3O. The van der Waals surface area contributed by atoms with Gasteiger partial charge in [-0.3, -0.25) is 9.69 Å². The summed E-state index contributed by atoms with van der Waals surface area (Å²) < 4.78 is 0. The van der Waals surface area contributed by atoms with Gasteiger partial charge in [-0.15, -0.1) is 0 Å². The first-order valence-corrected chi connectivity index (χ1v) is 6.76. The molecule has 2 rings (SSSR count). The van der Waals surface area contributed by atoms with Crippen LogP contribution in [-0.4, -0.2) is 37.0 Å². The highest BCUT2D eigenvalue weighted by Crippen LogP contribution is 2.15. The minimum absolute atomic E-state index is 0.0864. The summed E-state index contributed by atoms with van der Waals surface area (Å²) in [6.45, 7) is 2.94. The van der Waals surface area contributed by atoms with Crippen molar-refractivity contribution in [1.82, 2.24) is 4.90 Å². The molecule has 1 aliphatic heterocycles. The molecule has 4 heteroatoms. The molecule has 0 aromatic heterocycles. The van der Waals surface area contributed by atoms with E-state index in [0.29, 0.717) is 19.5 Å². The second-order valence-corrected chi connectivity index (χ2v) is 4.77. The largest absolute Gasteiger partial charge is 0.310 e. The molecule has 0 N–H and O–H groups in total. The Morgan fingerprint density at radius 2 is 1.95 bits per heavy atom. The van der Waals surface area contributed by atoms with Gasteiger partial charge < -0.3 is 4.90 Å². The highest BCUT2D eigenvalue weighted by atomic mass is 16.2. The van der Waals surface area contributed by atoms with E-state index in [1.165, 1.54) is 12.8 Å². The Labute approximate surface area is 114 Å². The summed E-state index contributed by atoms with van der Waals surface area (Å²) in [6, 6.07) is 11.7. The molecule has 1 aliphatic rings. The molecule has 1 aromatic rings. The van der Waals surface area contributed by atoms with Gasteiger partial charge in [0.15, 0.2) is 0 Å². The zero-order chi connectivity index (χ0) is 13.5. The Morgan fingerprint density at radius 1 is 1.26 bits per heavy atom. The zero-order valence-corrected chi connectivity index (χ0v) is 11.1. The van der Waals surface area contributed by atoms with E-state index < -0.39 is 0 Å². The third kappa shape index (κ3) is 3.80. The standard InChI is InChI=1S/C15H19N3O/c16-9-6-12-18(14-7-2-1-3-8-14)15(19)13-17-10-4-5-11-17/h1-3,7-8H,4-6,10-13H2. The fraction of sp³-hybridized carbons (Fsp3) is 0.467. The number of hydrogen-bond acceptors (Lipinski definition) is 3. The normalized spacial score (nSPS) is 15.1. The van der Waals surface area contributed by atoms with Gasteiger partial charge in [0.2, 0.25) is 5.91 Å². The van der Waals surface area contributed by atoms with E-state index in [1.807, 2.05) is 30.3 Å². The summed E-state index contributed by atoms with van der Waals surface area (Å²) in [5.74, 6) is 0.0864. The van der Waals surface area contributed by atoms with E-state index in [2.05, 4.69) is 11.0 Å². The van der Waals surface area contributed by atoms with Crippen LogP contribution in [0.5, 0.6) is 0 Å². The fourth-order valence-corrected chi connectivity index (χ4v) is 2.38. The van der Waals surface area contributed by atoms with Crippen molar-refractivity contribution in [2.45, 2.75) is 19.3 Å². The van der Waals surface area contributed by atoms with Crippen LogP contribution in [0.2, 0.25) is 0 Å². The first-order valence-electron chi connectivity index (χ1n) is 6.76. The van der Waals surface area contributed by atoms with Gasteiger partial charge in [-0.2, -0.15) is 5.26 Å². The number of benzene rings is 1. The number of hydrogen-bond donors (Lipinski definition) is 0. The van der Waals surface area contributed by atoms with Crippen LogP contribution in [0.15, 0.2) is 30.3 Å². The quantitative estimate of drug-likeness (QED) is 0.811. The monoisotopic (exact) mass is 257 g/mol. The van der Waals surface area contributed by atoms with Gasteiger partial charge in [0, 0.05) is 12.2 Å². The van der Waals surface area contributed by atoms with Crippen LogP contribution in [0.3, 0.4) is 0 Å². The summed E-state index contributed by atoms with van der Waals surface area (Å²) in [6.07, 6.45) is 2.72. The van der Waals surface area contributed by atoms with Crippen LogP contribution in [0, 0.1) is 11.3 Å². The molecule has 0 atom stereocenters. The van der Waals surface area contributed by atoms with E-state index in [0.717, 1.165) is 18.8 Å². The average molecular weight is 257 g/mol. The average Bonchev–Trinajstić information content (AvgIpc) is 2.93. The highest BCUT2D eigenvalue weighted by molar-refractivity contribution is 5.94. The van der Waals surface area contributed by atoms with Gasteiger partial charge in [-0.05, 0) is 38.1 Å². The Hall–Kier alpha value is -1.86. The Bertz CT molecular complexity index is 446. The maximum absolute atomic E-state index is 12.4. The molecule has 0 saturated carbocycles. The van der Waals surface area contributed by atoms with Crippen molar-refractivity contribution in [1.29, 1.82) is 5.26 Å². The molecule has 19 heavy (non-hydrogen) atoms. The molecule has 0 radical (unpaired) electrons. The van der Waals surface area contributed by atoms with Crippen LogP contribution in [0.1, 0.15) is 19.3 Å². The predicted octanol–water partition coefficient (Wildman–Crippen LogP) is 2.03. The molecule has 100 valence electrons. The number of anilines is 1. The van der Waals surface area contributed by atoms with Crippen molar-refractivity contribution in [2.24, 2.45) is 0 Å². The third-order valence-corrected chi connectivity index (χ3v) is 3.37. The minimum Gasteiger partial charge on any atom is -0.310 e. The van der Waals surface area contributed by atoms with Crippen LogP contribution in [0.4, 0.5) is 5.69 Å². The lowest BCUT2D eigenvalue weighted by Crippen LogP contribution is -2.40. The van der Waals surface area contributed by atoms with Crippen LogP contribution in [-0.2, 0) is 4.79 Å². The summed E-state index contributed by atoms with van der Waals surface area (Å²) >= 11 is 0. The molecule has 4 nitrogen and oxygen atoms in total. The molecule has 0 aliphatic carbocycles. The lowest BCUT2D eigenvalue weighted by molar-refractivity contribution is -0.119. The number of carbonyl (C=O) groups is 1. The van der Waals surface area contributed by atoms with Crippen molar-refractivity contribution in [3.05, 3.63) is 30.3 Å². The molecule has 0 unspecified atom stereocenters. The second-order valence-electron chi connectivity index (χ2n) is 4.77. The number of likely N-dealkylation sites (tertiary alicyclic amines) is 1. The highest BCUT2D eigenvalue weighted by Gasteiger charge is 2.20. The predicted molar refractivity (Wildman–Crippen MR) is 74.7 cm³/mol. The van der Waals surface area contributed by atoms with Gasteiger partial charge in [0.05, 0.1) is 19.0 Å². The summed E-state index contributed by atoms with van der Waals surface area (Å²) in [7, 11) is 0. The first kappa shape index (κ1) is 13.6. The summed E-state index contributed by atoms with van der Waals surface area (Å²) in [4.78, 5) is 16.3. The van der Waals surface area contributed by atoms with Crippen molar-refractivity contribution in [3.8, 4) is 6.07 Å². The zero-order valence-electron chi connectivity index (χ0n) is 11.1. The number of carbonyl (C=O) groups excluding carboxylic acids is 1. The lowest BCUT2D eigenvalue weighted by atomic mass is 10.2. The van der Waals surface area contributed by atoms with Gasteiger partial charge in [-0.25, -0.2) is 0 Å². The maximum atomic E-state index is 12.4. The topological polar surface area (TPSA) is 47.3 Å². The Kier molecular flexibility index (Phi) is 4.93. The smallest absolute Gasteiger partial charge is 0.241 e. The SMILES string of the molecule is N#CCCN(C(=O)CN1CCCC1)c1ccccc1. The first-order chi connectivity index (χ1) is 9.31. The molecule has 1 amide bonds. The van der Waals surface area contributed by atoms with E-state index in [-0.39, 0.29) is 5.91 Å². The summed E-state index contributed by atoms with van der Waals surface area (Å²) in [5, 5.41) is 8.73. The number of nitrogens with zero attached hydrogens (tertiary/aromatic N) is 3. The maximum Gasteiger partial charge on any atom is 0.241 e. The van der Waals surface area contributed by atoms with E-state index in [1.54, 1.807) is 4.90 Å². The van der Waals surface area contributed by atoms with E-state index >= 15 is 0 Å². The van der Waals surface area contributed by atoms with Gasteiger partial charge in [0.1, 0.15) is 0 Å². The van der Waals surface area contributed by atoms with E-state index in [9.17, 15) is 4.79 Å². The van der Waals surface area contributed by atoms with Crippen LogP contribution in [0.25, 0.3) is 0 Å². The number of amides is 1. The molecule has 1 saturated heterocycles. The second kappa shape index (κ2) is 6.91. The molecule has 0 spiro atoms. The number of nitriles is 1. The van der Waals surface area contributed by atoms with Crippen LogP contribution < -0.4 is 4.90 Å². The van der Waals surface area contributed by atoms with Gasteiger partial charge >= 0.3 is 0 Å². The van der Waals surface area contributed by atoms with Crippen molar-refractivity contribution in [3.63, 3.8) is 0 Å². The van der Waals surface area contributed by atoms with Gasteiger partial charge in [-0.1, -0.05) is 18.2 Å². The summed E-state index contributed by atoms with van der Waals surface area (Å²) in [5.41, 5.74) is 0.877. The number of para-hydroxylation sites is 1. The Morgan fingerprint density at radius 3 is 2.58 bits per heavy atom. The lowest BCUT2D eigenvalue weighted by Gasteiger charge is -2.24. The molecule has 1 aromatic carbocycles. The fourth-order valence-electron chi connectivity index (χ4n) is 2.38. The third-order valence-electron chi connectivity index (χ3n) is 3.37. The van der Waals surface area contributed by atoms with E-state index in [4.69, 9.17) is 5.26 Å². The Balaban J connectivity index is 2.04. The van der Waals surface area contributed by atoms with Gasteiger partial charge in [0.25, 0.3) is 0 Å². The van der Waals surface area contributed by atoms with Crippen molar-refractivity contribution >= 4 is 11.6 Å². The minimum atomic E-state index is 0.0864. The molecule has 1 fully saturated rings.